The highest BCUT2D eigenvalue weighted by Crippen LogP contribution is 2.10. The molecule has 0 atom stereocenters. The van der Waals surface area contributed by atoms with Crippen LogP contribution in [0, 0.1) is 0 Å². The SMILES string of the molecule is CN(C)c1nc(N)nc(COC(=O)c2ccc(Cn3cccn3)cc2)n1. The van der Waals surface area contributed by atoms with E-state index in [1.54, 1.807) is 42.0 Å². The van der Waals surface area contributed by atoms with Crippen LogP contribution >= 0.6 is 0 Å². The summed E-state index contributed by atoms with van der Waals surface area (Å²) in [6, 6.07) is 9.02. The summed E-state index contributed by atoms with van der Waals surface area (Å²) in [6.45, 7) is 0.557. The zero-order valence-corrected chi connectivity index (χ0v) is 14.5. The second kappa shape index (κ2) is 7.60. The molecule has 1 aromatic carbocycles. The van der Waals surface area contributed by atoms with Crippen LogP contribution < -0.4 is 10.6 Å². The van der Waals surface area contributed by atoms with E-state index in [9.17, 15) is 4.79 Å². The second-order valence-corrected chi connectivity index (χ2v) is 5.78. The molecule has 0 spiro atoms. The van der Waals surface area contributed by atoms with Crippen molar-refractivity contribution in [3.05, 3.63) is 59.7 Å². The number of nitrogens with zero attached hydrogens (tertiary/aromatic N) is 6. The van der Waals surface area contributed by atoms with E-state index in [1.807, 2.05) is 24.4 Å². The van der Waals surface area contributed by atoms with Gasteiger partial charge in [0.1, 0.15) is 0 Å². The van der Waals surface area contributed by atoms with Crippen molar-refractivity contribution in [2.45, 2.75) is 13.2 Å². The van der Waals surface area contributed by atoms with Crippen molar-refractivity contribution in [1.29, 1.82) is 0 Å². The molecular weight excluding hydrogens is 334 g/mol. The lowest BCUT2D eigenvalue weighted by atomic mass is 10.1. The van der Waals surface area contributed by atoms with Gasteiger partial charge in [0, 0.05) is 26.5 Å². The predicted octanol–water partition coefficient (Wildman–Crippen LogP) is 1.12. The first-order valence-electron chi connectivity index (χ1n) is 7.92. The summed E-state index contributed by atoms with van der Waals surface area (Å²) in [5.74, 6) is 0.329. The Hall–Kier alpha value is -3.49. The Morgan fingerprint density at radius 3 is 2.62 bits per heavy atom. The maximum atomic E-state index is 12.2. The van der Waals surface area contributed by atoms with Crippen molar-refractivity contribution in [2.24, 2.45) is 0 Å². The Labute approximate surface area is 150 Å². The number of aromatic nitrogens is 5. The van der Waals surface area contributed by atoms with Gasteiger partial charge in [-0.1, -0.05) is 12.1 Å². The van der Waals surface area contributed by atoms with Crippen LogP contribution in [0.2, 0.25) is 0 Å². The van der Waals surface area contributed by atoms with Gasteiger partial charge in [0.25, 0.3) is 0 Å². The largest absolute Gasteiger partial charge is 0.454 e. The van der Waals surface area contributed by atoms with E-state index in [1.165, 1.54) is 0 Å². The van der Waals surface area contributed by atoms with E-state index in [-0.39, 0.29) is 12.6 Å². The van der Waals surface area contributed by atoms with Gasteiger partial charge in [-0.3, -0.25) is 4.68 Å². The normalized spacial score (nSPS) is 10.5. The van der Waals surface area contributed by atoms with Gasteiger partial charge in [-0.25, -0.2) is 4.79 Å². The summed E-state index contributed by atoms with van der Waals surface area (Å²) in [6.07, 6.45) is 3.60. The molecule has 9 heteroatoms. The van der Waals surface area contributed by atoms with Gasteiger partial charge in [-0.2, -0.15) is 20.1 Å². The first-order chi connectivity index (χ1) is 12.5. The summed E-state index contributed by atoms with van der Waals surface area (Å²) >= 11 is 0. The number of hydrogen-bond acceptors (Lipinski definition) is 8. The third-order valence-electron chi connectivity index (χ3n) is 3.51. The van der Waals surface area contributed by atoms with Crippen molar-refractivity contribution in [1.82, 2.24) is 24.7 Å². The summed E-state index contributed by atoms with van der Waals surface area (Å²) in [5, 5.41) is 4.15. The van der Waals surface area contributed by atoms with Crippen LogP contribution in [-0.2, 0) is 17.9 Å². The number of hydrogen-bond donors (Lipinski definition) is 1. The monoisotopic (exact) mass is 353 g/mol. The Morgan fingerprint density at radius 2 is 1.96 bits per heavy atom. The lowest BCUT2D eigenvalue weighted by Crippen LogP contribution is -2.17. The fourth-order valence-corrected chi connectivity index (χ4v) is 2.23. The van der Waals surface area contributed by atoms with E-state index in [0.29, 0.717) is 23.9 Å². The molecule has 2 heterocycles. The van der Waals surface area contributed by atoms with E-state index in [2.05, 4.69) is 20.1 Å². The molecule has 2 aromatic heterocycles. The number of carbonyl (C=O) groups is 1. The smallest absolute Gasteiger partial charge is 0.338 e. The molecule has 3 aromatic rings. The van der Waals surface area contributed by atoms with E-state index in [4.69, 9.17) is 10.5 Å². The summed E-state index contributed by atoms with van der Waals surface area (Å²) < 4.78 is 7.07. The zero-order chi connectivity index (χ0) is 18.5. The van der Waals surface area contributed by atoms with Crippen LogP contribution in [-0.4, -0.2) is 44.8 Å². The minimum absolute atomic E-state index is 0.0812. The van der Waals surface area contributed by atoms with E-state index < -0.39 is 5.97 Å². The Balaban J connectivity index is 1.61. The Bertz CT molecular complexity index is 877. The van der Waals surface area contributed by atoms with E-state index >= 15 is 0 Å². The minimum Gasteiger partial charge on any atom is -0.454 e. The lowest BCUT2D eigenvalue weighted by Gasteiger charge is -2.11. The summed E-state index contributed by atoms with van der Waals surface area (Å²) in [5.41, 5.74) is 7.13. The van der Waals surface area contributed by atoms with Crippen LogP contribution in [0.3, 0.4) is 0 Å². The molecule has 3 rings (SSSR count). The highest BCUT2D eigenvalue weighted by atomic mass is 16.5. The minimum atomic E-state index is -0.457. The average Bonchev–Trinajstić information content (AvgIpc) is 3.13. The van der Waals surface area contributed by atoms with Gasteiger partial charge in [-0.05, 0) is 23.8 Å². The van der Waals surface area contributed by atoms with Gasteiger partial charge in [0.2, 0.25) is 11.9 Å². The molecule has 9 nitrogen and oxygen atoms in total. The maximum absolute atomic E-state index is 12.2. The van der Waals surface area contributed by atoms with Crippen molar-refractivity contribution in [2.75, 3.05) is 24.7 Å². The molecule has 0 aliphatic heterocycles. The lowest BCUT2D eigenvalue weighted by molar-refractivity contribution is 0.0462. The van der Waals surface area contributed by atoms with Gasteiger partial charge in [0.05, 0.1) is 12.1 Å². The van der Waals surface area contributed by atoms with Gasteiger partial charge >= 0.3 is 5.97 Å². The van der Waals surface area contributed by atoms with Crippen LogP contribution in [0.1, 0.15) is 21.7 Å². The highest BCUT2D eigenvalue weighted by Gasteiger charge is 2.11. The molecule has 0 aliphatic rings. The maximum Gasteiger partial charge on any atom is 0.338 e. The molecule has 134 valence electrons. The molecule has 26 heavy (non-hydrogen) atoms. The first kappa shape index (κ1) is 17.3. The van der Waals surface area contributed by atoms with Crippen molar-refractivity contribution in [3.63, 3.8) is 0 Å². The molecule has 0 bridgehead atoms. The fourth-order valence-electron chi connectivity index (χ4n) is 2.23. The third kappa shape index (κ3) is 4.32. The average molecular weight is 353 g/mol. The molecule has 0 amide bonds. The molecule has 0 saturated carbocycles. The zero-order valence-electron chi connectivity index (χ0n) is 14.5. The number of nitrogen functional groups attached to an aromatic ring is 1. The quantitative estimate of drug-likeness (QED) is 0.656. The topological polar surface area (TPSA) is 112 Å². The van der Waals surface area contributed by atoms with Gasteiger partial charge in [0.15, 0.2) is 12.4 Å². The number of rotatable bonds is 6. The molecule has 0 unspecified atom stereocenters. The van der Waals surface area contributed by atoms with Gasteiger partial charge in [-0.15, -0.1) is 0 Å². The molecule has 2 N–H and O–H groups in total. The van der Waals surface area contributed by atoms with Crippen molar-refractivity contribution < 1.29 is 9.53 Å². The third-order valence-corrected chi connectivity index (χ3v) is 3.51. The summed E-state index contributed by atoms with van der Waals surface area (Å²) in [4.78, 5) is 26.1. The van der Waals surface area contributed by atoms with Crippen LogP contribution in [0.25, 0.3) is 0 Å². The molecule has 0 aliphatic carbocycles. The predicted molar refractivity (Wildman–Crippen MR) is 95.5 cm³/mol. The fraction of sp³-hybridized carbons (Fsp3) is 0.235. The van der Waals surface area contributed by atoms with Crippen molar-refractivity contribution >= 4 is 17.9 Å². The molecule has 0 radical (unpaired) electrons. The first-order valence-corrected chi connectivity index (χ1v) is 7.92. The number of nitrogens with two attached hydrogens (primary N) is 1. The van der Waals surface area contributed by atoms with Crippen LogP contribution in [0.15, 0.2) is 42.7 Å². The Kier molecular flexibility index (Phi) is 5.07. The summed E-state index contributed by atoms with van der Waals surface area (Å²) in [7, 11) is 3.57. The van der Waals surface area contributed by atoms with Crippen LogP contribution in [0.5, 0.6) is 0 Å². The van der Waals surface area contributed by atoms with Crippen LogP contribution in [0.4, 0.5) is 11.9 Å². The van der Waals surface area contributed by atoms with E-state index in [0.717, 1.165) is 5.56 Å². The standard InChI is InChI=1S/C17H19N7O2/c1-23(2)17-21-14(20-16(18)22-17)11-26-15(25)13-6-4-12(5-7-13)10-24-9-3-8-19-24/h3-9H,10-11H2,1-2H3,(H2,18,20,21,22). The van der Waals surface area contributed by atoms with Crippen molar-refractivity contribution in [3.8, 4) is 0 Å². The number of esters is 1. The Morgan fingerprint density at radius 1 is 1.19 bits per heavy atom. The number of benzene rings is 1. The second-order valence-electron chi connectivity index (χ2n) is 5.78. The number of carbonyl (C=O) groups excluding carboxylic acids is 1. The van der Waals surface area contributed by atoms with Gasteiger partial charge < -0.3 is 15.4 Å². The number of ether oxygens (including phenoxy) is 1. The molecule has 0 fully saturated rings. The number of anilines is 2. The molecular formula is C17H19N7O2. The molecule has 0 saturated heterocycles. The highest BCUT2D eigenvalue weighted by molar-refractivity contribution is 5.89.